The molecule has 1 aliphatic rings. The first-order valence-electron chi connectivity index (χ1n) is 5.58. The minimum absolute atomic E-state index is 0.200. The van der Waals surface area contributed by atoms with Crippen LogP contribution in [0, 0.1) is 0 Å². The molecule has 6 nitrogen and oxygen atoms in total. The van der Waals surface area contributed by atoms with Gasteiger partial charge in [0.25, 0.3) is 11.5 Å². The number of amides is 1. The van der Waals surface area contributed by atoms with Crippen LogP contribution in [0.3, 0.4) is 0 Å². The number of nitrogens with zero attached hydrogens (tertiary/aromatic N) is 2. The Bertz CT molecular complexity index is 664. The molecular formula is C12H10N4O2. The Labute approximate surface area is 102 Å². The minimum Gasteiger partial charge on any atom is -0.350 e. The molecule has 0 fully saturated rings. The number of aromatic amines is 1. The van der Waals surface area contributed by atoms with Gasteiger partial charge in [0.1, 0.15) is 11.4 Å². The predicted octanol–water partition coefficient (Wildman–Crippen LogP) is 0.118. The third-order valence-corrected chi connectivity index (χ3v) is 2.80. The van der Waals surface area contributed by atoms with Crippen LogP contribution in [0.15, 0.2) is 29.2 Å². The van der Waals surface area contributed by atoms with E-state index in [1.54, 1.807) is 24.4 Å². The molecule has 0 spiro atoms. The molecule has 0 saturated heterocycles. The lowest BCUT2D eigenvalue weighted by Gasteiger charge is -2.14. The molecule has 0 aromatic carbocycles. The fraction of sp³-hybridized carbons (Fsp3) is 0.167. The van der Waals surface area contributed by atoms with Crippen molar-refractivity contribution in [1.82, 2.24) is 20.3 Å². The second-order valence-electron chi connectivity index (χ2n) is 3.96. The predicted molar refractivity (Wildman–Crippen MR) is 64.1 cm³/mol. The first kappa shape index (κ1) is 10.6. The van der Waals surface area contributed by atoms with E-state index in [0.29, 0.717) is 30.0 Å². The number of nitrogens with one attached hydrogen (secondary N) is 2. The van der Waals surface area contributed by atoms with Crippen molar-refractivity contribution in [2.24, 2.45) is 0 Å². The fourth-order valence-electron chi connectivity index (χ4n) is 1.93. The van der Waals surface area contributed by atoms with Gasteiger partial charge in [-0.2, -0.15) is 0 Å². The molecule has 0 bridgehead atoms. The van der Waals surface area contributed by atoms with Crippen LogP contribution in [0.2, 0.25) is 0 Å². The molecule has 3 heterocycles. The van der Waals surface area contributed by atoms with Gasteiger partial charge in [0.15, 0.2) is 5.82 Å². The van der Waals surface area contributed by atoms with Crippen LogP contribution >= 0.6 is 0 Å². The van der Waals surface area contributed by atoms with Crippen molar-refractivity contribution in [2.45, 2.75) is 6.42 Å². The smallest absolute Gasteiger partial charge is 0.270 e. The van der Waals surface area contributed by atoms with E-state index >= 15 is 0 Å². The van der Waals surface area contributed by atoms with E-state index in [-0.39, 0.29) is 17.2 Å². The summed E-state index contributed by atoms with van der Waals surface area (Å²) in [6, 6.07) is 5.29. The maximum atomic E-state index is 11.9. The lowest BCUT2D eigenvalue weighted by molar-refractivity contribution is 0.0940. The molecule has 2 N–H and O–H groups in total. The SMILES string of the molecule is O=C1NCCc2c1nc(-c1ccccn1)[nH]c2=O. The monoisotopic (exact) mass is 242 g/mol. The molecule has 2 aromatic rings. The van der Waals surface area contributed by atoms with Crippen LogP contribution in [0.1, 0.15) is 16.1 Å². The van der Waals surface area contributed by atoms with Gasteiger partial charge < -0.3 is 10.3 Å². The number of hydrogen-bond donors (Lipinski definition) is 2. The van der Waals surface area contributed by atoms with Crippen molar-refractivity contribution in [2.75, 3.05) is 6.54 Å². The molecule has 0 atom stereocenters. The van der Waals surface area contributed by atoms with Crippen LogP contribution in [0.25, 0.3) is 11.5 Å². The molecule has 90 valence electrons. The highest BCUT2D eigenvalue weighted by Crippen LogP contribution is 2.13. The van der Waals surface area contributed by atoms with Gasteiger partial charge in [-0.05, 0) is 18.6 Å². The largest absolute Gasteiger partial charge is 0.350 e. The van der Waals surface area contributed by atoms with Crippen LogP contribution in [0.4, 0.5) is 0 Å². The van der Waals surface area contributed by atoms with E-state index in [9.17, 15) is 9.59 Å². The zero-order chi connectivity index (χ0) is 12.5. The van der Waals surface area contributed by atoms with Crippen molar-refractivity contribution >= 4 is 5.91 Å². The normalized spacial score (nSPS) is 13.9. The molecule has 2 aromatic heterocycles. The van der Waals surface area contributed by atoms with Gasteiger partial charge in [-0.15, -0.1) is 0 Å². The average molecular weight is 242 g/mol. The van der Waals surface area contributed by atoms with E-state index < -0.39 is 0 Å². The number of fused-ring (bicyclic) bond motifs is 1. The highest BCUT2D eigenvalue weighted by atomic mass is 16.2. The number of aromatic nitrogens is 3. The third kappa shape index (κ3) is 1.67. The van der Waals surface area contributed by atoms with E-state index in [1.165, 1.54) is 0 Å². The summed E-state index contributed by atoms with van der Waals surface area (Å²) in [5.41, 5.74) is 0.912. The quantitative estimate of drug-likeness (QED) is 0.743. The van der Waals surface area contributed by atoms with Gasteiger partial charge >= 0.3 is 0 Å². The number of rotatable bonds is 1. The fourth-order valence-corrected chi connectivity index (χ4v) is 1.93. The Morgan fingerprint density at radius 1 is 1.22 bits per heavy atom. The molecule has 3 rings (SSSR count). The summed E-state index contributed by atoms with van der Waals surface area (Å²) in [5, 5.41) is 2.67. The topological polar surface area (TPSA) is 87.7 Å². The summed E-state index contributed by atoms with van der Waals surface area (Å²) < 4.78 is 0. The van der Waals surface area contributed by atoms with E-state index in [4.69, 9.17) is 0 Å². The minimum atomic E-state index is -0.306. The van der Waals surface area contributed by atoms with Crippen molar-refractivity contribution < 1.29 is 4.79 Å². The van der Waals surface area contributed by atoms with Gasteiger partial charge in [-0.25, -0.2) is 4.98 Å². The summed E-state index contributed by atoms with van der Waals surface area (Å²) >= 11 is 0. The van der Waals surface area contributed by atoms with Gasteiger partial charge in [0, 0.05) is 12.7 Å². The highest BCUT2D eigenvalue weighted by Gasteiger charge is 2.22. The Hall–Kier alpha value is -2.50. The van der Waals surface area contributed by atoms with Crippen molar-refractivity contribution in [3.05, 3.63) is 46.0 Å². The molecule has 0 aliphatic carbocycles. The Balaban J connectivity index is 2.20. The lowest BCUT2D eigenvalue weighted by Crippen LogP contribution is -2.37. The van der Waals surface area contributed by atoms with Crippen LogP contribution in [-0.2, 0) is 6.42 Å². The second-order valence-corrected chi connectivity index (χ2v) is 3.96. The highest BCUT2D eigenvalue weighted by molar-refractivity contribution is 5.94. The number of carbonyl (C=O) groups excluding carboxylic acids is 1. The average Bonchev–Trinajstić information content (AvgIpc) is 2.41. The van der Waals surface area contributed by atoms with Gasteiger partial charge in [0.05, 0.1) is 5.56 Å². The van der Waals surface area contributed by atoms with Gasteiger partial charge in [-0.3, -0.25) is 14.6 Å². The molecule has 0 unspecified atom stereocenters. The van der Waals surface area contributed by atoms with E-state index in [2.05, 4.69) is 20.3 Å². The first-order chi connectivity index (χ1) is 8.75. The molecular weight excluding hydrogens is 232 g/mol. The summed E-state index contributed by atoms with van der Waals surface area (Å²) in [6.45, 7) is 0.472. The van der Waals surface area contributed by atoms with Crippen molar-refractivity contribution in [3.63, 3.8) is 0 Å². The Morgan fingerprint density at radius 3 is 2.89 bits per heavy atom. The first-order valence-corrected chi connectivity index (χ1v) is 5.58. The van der Waals surface area contributed by atoms with Crippen LogP contribution in [0.5, 0.6) is 0 Å². The molecule has 6 heteroatoms. The summed E-state index contributed by atoms with van der Waals surface area (Å²) in [5.74, 6) is 0.0101. The Kier molecular flexibility index (Phi) is 2.40. The zero-order valence-electron chi connectivity index (χ0n) is 9.43. The van der Waals surface area contributed by atoms with E-state index in [0.717, 1.165) is 0 Å². The molecule has 0 saturated carbocycles. The summed E-state index contributed by atoms with van der Waals surface area (Å²) in [7, 11) is 0. The standard InChI is InChI=1S/C12H10N4O2/c17-11-7-4-6-14-12(18)9(7)15-10(16-11)8-3-1-2-5-13-8/h1-3,5H,4,6H2,(H,14,18)(H,15,16,17). The zero-order valence-corrected chi connectivity index (χ0v) is 9.43. The number of hydrogen-bond acceptors (Lipinski definition) is 4. The third-order valence-electron chi connectivity index (χ3n) is 2.80. The molecule has 1 amide bonds. The number of H-pyrrole nitrogens is 1. The molecule has 18 heavy (non-hydrogen) atoms. The van der Waals surface area contributed by atoms with Crippen molar-refractivity contribution in [1.29, 1.82) is 0 Å². The second kappa shape index (κ2) is 4.06. The van der Waals surface area contributed by atoms with Crippen molar-refractivity contribution in [3.8, 4) is 11.5 Å². The maximum Gasteiger partial charge on any atom is 0.270 e. The summed E-state index contributed by atoms with van der Waals surface area (Å²) in [6.07, 6.45) is 2.11. The molecule has 0 radical (unpaired) electrons. The van der Waals surface area contributed by atoms with Gasteiger partial charge in [-0.1, -0.05) is 6.07 Å². The van der Waals surface area contributed by atoms with Crippen LogP contribution in [-0.4, -0.2) is 27.4 Å². The number of carbonyl (C=O) groups is 1. The summed E-state index contributed by atoms with van der Waals surface area (Å²) in [4.78, 5) is 34.5. The lowest BCUT2D eigenvalue weighted by atomic mass is 10.1. The maximum absolute atomic E-state index is 11.9. The number of pyridine rings is 1. The van der Waals surface area contributed by atoms with Gasteiger partial charge in [0.2, 0.25) is 0 Å². The Morgan fingerprint density at radius 2 is 2.11 bits per heavy atom. The van der Waals surface area contributed by atoms with E-state index in [1.807, 2.05) is 0 Å². The van der Waals surface area contributed by atoms with Crippen LogP contribution < -0.4 is 10.9 Å². The molecule has 1 aliphatic heterocycles.